The van der Waals surface area contributed by atoms with Gasteiger partial charge in [-0.2, -0.15) is 23.5 Å². The lowest BCUT2D eigenvalue weighted by Gasteiger charge is -1.98. The first-order valence-corrected chi connectivity index (χ1v) is 9.70. The van der Waals surface area contributed by atoms with Gasteiger partial charge in [0.15, 0.2) is 0 Å². The van der Waals surface area contributed by atoms with E-state index in [1.165, 1.54) is 0 Å². The average Bonchev–Trinajstić information content (AvgIpc) is 2.29. The van der Waals surface area contributed by atoms with Gasteiger partial charge in [-0.15, -0.1) is 46.4 Å². The van der Waals surface area contributed by atoms with Crippen molar-refractivity contribution in [3.63, 3.8) is 0 Å². The fourth-order valence-electron chi connectivity index (χ4n) is 0.955. The summed E-state index contributed by atoms with van der Waals surface area (Å²) < 4.78 is 0. The van der Waals surface area contributed by atoms with Gasteiger partial charge in [0.2, 0.25) is 0 Å². The molecule has 0 aliphatic rings. The zero-order valence-corrected chi connectivity index (χ0v) is 14.7. The molecule has 0 aliphatic carbocycles. The van der Waals surface area contributed by atoms with Crippen LogP contribution in [-0.2, 0) is 0 Å². The molecule has 6 heteroatoms. The van der Waals surface area contributed by atoms with E-state index in [2.05, 4.69) is 12.2 Å². The molecule has 0 heterocycles. The van der Waals surface area contributed by atoms with Crippen molar-refractivity contribution in [2.75, 3.05) is 23.0 Å². The molecule has 0 aliphatic heterocycles. The Labute approximate surface area is 139 Å². The van der Waals surface area contributed by atoms with Gasteiger partial charge >= 0.3 is 0 Å². The second-order valence-electron chi connectivity index (χ2n) is 3.35. The van der Waals surface area contributed by atoms with E-state index in [9.17, 15) is 0 Å². The maximum absolute atomic E-state index is 5.60. The maximum atomic E-state index is 5.60. The first-order valence-electron chi connectivity index (χ1n) is 5.64. The molecule has 0 aromatic carbocycles. The number of alkyl halides is 4. The van der Waals surface area contributed by atoms with Crippen LogP contribution < -0.4 is 0 Å². The molecule has 0 amide bonds. The van der Waals surface area contributed by atoms with Crippen LogP contribution in [-0.4, -0.2) is 32.7 Å². The Bertz CT molecular complexity index is 206. The molecule has 0 spiro atoms. The minimum Gasteiger partial charge on any atom is -0.157 e. The van der Waals surface area contributed by atoms with Crippen LogP contribution in [0.4, 0.5) is 0 Å². The largest absolute Gasteiger partial charge is 0.157 e. The SMILES string of the molecule is ClC(Cl)C/C=C/CSCCSC/C=C/CC(Cl)Cl. The smallest absolute Gasteiger partial charge is 0.111 e. The van der Waals surface area contributed by atoms with E-state index in [-0.39, 0.29) is 9.67 Å². The molecule has 0 rings (SSSR count). The third-order valence-corrected chi connectivity index (χ3v) is 4.58. The summed E-state index contributed by atoms with van der Waals surface area (Å²) in [5.41, 5.74) is 0. The molecule has 0 saturated heterocycles. The van der Waals surface area contributed by atoms with E-state index in [0.717, 1.165) is 35.9 Å². The normalized spacial score (nSPS) is 12.6. The first kappa shape index (κ1) is 19.3. The van der Waals surface area contributed by atoms with E-state index in [4.69, 9.17) is 46.4 Å². The first-order chi connectivity index (χ1) is 8.63. The fourth-order valence-corrected chi connectivity index (χ4v) is 3.19. The zero-order valence-electron chi connectivity index (χ0n) is 10.0. The van der Waals surface area contributed by atoms with Crippen LogP contribution in [0.2, 0.25) is 0 Å². The molecule has 0 aromatic rings. The minimum atomic E-state index is -0.283. The molecule has 0 bridgehead atoms. The van der Waals surface area contributed by atoms with Crippen molar-refractivity contribution >= 4 is 69.9 Å². The lowest BCUT2D eigenvalue weighted by molar-refractivity contribution is 1.15. The van der Waals surface area contributed by atoms with Gasteiger partial charge in [-0.3, -0.25) is 0 Å². The molecule has 106 valence electrons. The molecule has 0 radical (unpaired) electrons. The van der Waals surface area contributed by atoms with Gasteiger partial charge in [-0.05, 0) is 12.8 Å². The quantitative estimate of drug-likeness (QED) is 0.251. The van der Waals surface area contributed by atoms with Gasteiger partial charge in [0.05, 0.1) is 0 Å². The average molecular weight is 368 g/mol. The van der Waals surface area contributed by atoms with Gasteiger partial charge in [0, 0.05) is 23.0 Å². The van der Waals surface area contributed by atoms with Crippen molar-refractivity contribution < 1.29 is 0 Å². The molecular formula is C12H18Cl4S2. The Hall–Kier alpha value is 1.34. The van der Waals surface area contributed by atoms with E-state index in [1.54, 1.807) is 0 Å². The second kappa shape index (κ2) is 14.7. The molecule has 0 aromatic heterocycles. The Morgan fingerprint density at radius 3 is 1.39 bits per heavy atom. The molecule has 0 fully saturated rings. The molecule has 0 nitrogen and oxygen atoms in total. The van der Waals surface area contributed by atoms with Crippen molar-refractivity contribution in [2.24, 2.45) is 0 Å². The highest BCUT2D eigenvalue weighted by Gasteiger charge is 1.93. The Morgan fingerprint density at radius 2 is 1.06 bits per heavy atom. The van der Waals surface area contributed by atoms with Crippen LogP contribution in [0.1, 0.15) is 12.8 Å². The molecule has 0 N–H and O–H groups in total. The van der Waals surface area contributed by atoms with Crippen molar-refractivity contribution in [3.05, 3.63) is 24.3 Å². The lowest BCUT2D eigenvalue weighted by Crippen LogP contribution is -1.87. The van der Waals surface area contributed by atoms with Crippen LogP contribution in [0.3, 0.4) is 0 Å². The summed E-state index contributed by atoms with van der Waals surface area (Å²) in [6.45, 7) is 0. The van der Waals surface area contributed by atoms with E-state index < -0.39 is 0 Å². The maximum Gasteiger partial charge on any atom is 0.111 e. The number of halogens is 4. The van der Waals surface area contributed by atoms with Crippen molar-refractivity contribution in [1.82, 2.24) is 0 Å². The molecule has 0 unspecified atom stereocenters. The highest BCUT2D eigenvalue weighted by molar-refractivity contribution is 8.03. The summed E-state index contributed by atoms with van der Waals surface area (Å²) in [5.74, 6) is 4.36. The van der Waals surface area contributed by atoms with E-state index in [1.807, 2.05) is 35.7 Å². The molecule has 0 atom stereocenters. The topological polar surface area (TPSA) is 0 Å². The van der Waals surface area contributed by atoms with Gasteiger partial charge in [-0.1, -0.05) is 24.3 Å². The van der Waals surface area contributed by atoms with Gasteiger partial charge in [0.1, 0.15) is 9.67 Å². The molecule has 18 heavy (non-hydrogen) atoms. The third kappa shape index (κ3) is 17.3. The van der Waals surface area contributed by atoms with Gasteiger partial charge in [0.25, 0.3) is 0 Å². The van der Waals surface area contributed by atoms with Crippen molar-refractivity contribution in [3.8, 4) is 0 Å². The van der Waals surface area contributed by atoms with Crippen molar-refractivity contribution in [2.45, 2.75) is 22.5 Å². The van der Waals surface area contributed by atoms with Gasteiger partial charge in [-0.25, -0.2) is 0 Å². The number of hydrogen-bond donors (Lipinski definition) is 0. The second-order valence-corrected chi connectivity index (χ2v) is 8.20. The lowest BCUT2D eigenvalue weighted by atomic mass is 10.4. The van der Waals surface area contributed by atoms with E-state index >= 15 is 0 Å². The summed E-state index contributed by atoms with van der Waals surface area (Å²) in [4.78, 5) is -0.566. The minimum absolute atomic E-state index is 0.283. The molecule has 0 saturated carbocycles. The summed E-state index contributed by atoms with van der Waals surface area (Å²) >= 11 is 26.2. The zero-order chi connectivity index (χ0) is 13.6. The third-order valence-electron chi connectivity index (χ3n) is 1.76. The van der Waals surface area contributed by atoms with Crippen LogP contribution >= 0.6 is 69.9 Å². The summed E-state index contributed by atoms with van der Waals surface area (Å²) in [7, 11) is 0. The van der Waals surface area contributed by atoms with Gasteiger partial charge < -0.3 is 0 Å². The number of allylic oxidation sites excluding steroid dienone is 2. The Morgan fingerprint density at radius 1 is 0.667 bits per heavy atom. The highest BCUT2D eigenvalue weighted by atomic mass is 35.5. The Balaban J connectivity index is 3.16. The number of rotatable bonds is 11. The highest BCUT2D eigenvalue weighted by Crippen LogP contribution is 2.11. The van der Waals surface area contributed by atoms with Crippen LogP contribution in [0.15, 0.2) is 24.3 Å². The predicted octanol–water partition coefficient (Wildman–Crippen LogP) is 5.95. The standard InChI is InChI=1S/C12H18Cl4S2/c13-11(14)5-1-3-7-17-9-10-18-8-4-2-6-12(15)16/h1-4,11-12H,5-10H2/b3-1+,4-2+. The fraction of sp³-hybridized carbons (Fsp3) is 0.667. The number of hydrogen-bond acceptors (Lipinski definition) is 2. The van der Waals surface area contributed by atoms with Crippen molar-refractivity contribution in [1.29, 1.82) is 0 Å². The Kier molecular flexibility index (Phi) is 15.8. The summed E-state index contributed by atoms with van der Waals surface area (Å²) in [5, 5.41) is 0. The number of thioether (sulfide) groups is 2. The van der Waals surface area contributed by atoms with E-state index in [0.29, 0.717) is 0 Å². The van der Waals surface area contributed by atoms with Crippen LogP contribution in [0.5, 0.6) is 0 Å². The summed E-state index contributed by atoms with van der Waals surface area (Å²) in [6, 6.07) is 0. The summed E-state index contributed by atoms with van der Waals surface area (Å²) in [6.07, 6.45) is 9.75. The van der Waals surface area contributed by atoms with Crippen LogP contribution in [0.25, 0.3) is 0 Å². The predicted molar refractivity (Wildman–Crippen MR) is 93.2 cm³/mol. The molecular weight excluding hydrogens is 350 g/mol. The monoisotopic (exact) mass is 366 g/mol. The van der Waals surface area contributed by atoms with Crippen LogP contribution in [0, 0.1) is 0 Å².